The minimum atomic E-state index is -0.395. The van der Waals surface area contributed by atoms with Crippen molar-refractivity contribution in [2.24, 2.45) is 0 Å². The second-order valence-electron chi connectivity index (χ2n) is 3.47. The first kappa shape index (κ1) is 13.7. The van der Waals surface area contributed by atoms with Gasteiger partial charge in [-0.1, -0.05) is 22.9 Å². The molecule has 1 amide bonds. The van der Waals surface area contributed by atoms with Gasteiger partial charge in [-0.15, -0.1) is 0 Å². The third-order valence-corrected chi connectivity index (χ3v) is 3.53. The van der Waals surface area contributed by atoms with Crippen molar-refractivity contribution in [3.8, 4) is 6.07 Å². The van der Waals surface area contributed by atoms with Gasteiger partial charge >= 0.3 is 0 Å². The average Bonchev–Trinajstić information content (AvgIpc) is 2.67. The van der Waals surface area contributed by atoms with Crippen LogP contribution in [0.4, 0.5) is 5.13 Å². The van der Waals surface area contributed by atoms with Gasteiger partial charge in [0, 0.05) is 13.6 Å². The zero-order valence-corrected chi connectivity index (χ0v) is 11.4. The van der Waals surface area contributed by atoms with E-state index in [1.54, 1.807) is 18.9 Å². The van der Waals surface area contributed by atoms with Gasteiger partial charge in [0.05, 0.1) is 0 Å². The molecule has 0 aliphatic carbocycles. The monoisotopic (exact) mass is 272 g/mol. The van der Waals surface area contributed by atoms with E-state index in [2.05, 4.69) is 10.3 Å². The van der Waals surface area contributed by atoms with Gasteiger partial charge in [0.25, 0.3) is 0 Å². The summed E-state index contributed by atoms with van der Waals surface area (Å²) in [5.41, 5.74) is 0. The first-order chi connectivity index (χ1) is 7.99. The van der Waals surface area contributed by atoms with E-state index in [1.165, 1.54) is 0 Å². The topological polar surface area (TPSA) is 69.0 Å². The number of rotatable bonds is 4. The highest BCUT2D eigenvalue weighted by molar-refractivity contribution is 7.16. The van der Waals surface area contributed by atoms with Crippen LogP contribution in [0.15, 0.2) is 0 Å². The van der Waals surface area contributed by atoms with E-state index in [0.717, 1.165) is 11.3 Å². The molecule has 0 spiro atoms. The van der Waals surface area contributed by atoms with Gasteiger partial charge in [0.15, 0.2) is 10.3 Å². The van der Waals surface area contributed by atoms with Crippen molar-refractivity contribution in [2.75, 3.05) is 18.9 Å². The lowest BCUT2D eigenvalue weighted by atomic mass is 10.3. The fourth-order valence-electron chi connectivity index (χ4n) is 1.17. The fraction of sp³-hybridized carbons (Fsp3) is 0.500. The van der Waals surface area contributed by atoms with Crippen LogP contribution in [0.5, 0.6) is 0 Å². The van der Waals surface area contributed by atoms with Gasteiger partial charge in [-0.3, -0.25) is 4.79 Å². The van der Waals surface area contributed by atoms with Gasteiger partial charge < -0.3 is 10.2 Å². The molecule has 1 aromatic heterocycles. The number of thiazole rings is 1. The molecular weight excluding hydrogens is 260 g/mol. The predicted molar refractivity (Wildman–Crippen MR) is 68.2 cm³/mol. The van der Waals surface area contributed by atoms with Crippen LogP contribution in [0.1, 0.15) is 18.7 Å². The third kappa shape index (κ3) is 3.32. The van der Waals surface area contributed by atoms with Crippen molar-refractivity contribution in [2.45, 2.75) is 19.9 Å². The Morgan fingerprint density at radius 2 is 2.41 bits per heavy atom. The maximum absolute atomic E-state index is 11.8. The number of aromatic nitrogens is 1. The number of likely N-dealkylation sites (N-methyl/N-ethyl adjacent to an activating group) is 1. The number of carbonyl (C=O) groups excluding carboxylic acids is 1. The van der Waals surface area contributed by atoms with Crippen molar-refractivity contribution >= 4 is 34.0 Å². The average molecular weight is 273 g/mol. The number of nitrogens with zero attached hydrogens (tertiary/aromatic N) is 3. The van der Waals surface area contributed by atoms with Crippen molar-refractivity contribution < 1.29 is 4.79 Å². The largest absolute Gasteiger partial charge is 0.350 e. The predicted octanol–water partition coefficient (Wildman–Crippen LogP) is 1.95. The summed E-state index contributed by atoms with van der Waals surface area (Å²) in [6.07, 6.45) is 0. The van der Waals surface area contributed by atoms with Crippen molar-refractivity contribution in [1.82, 2.24) is 9.88 Å². The van der Waals surface area contributed by atoms with Gasteiger partial charge in [0.2, 0.25) is 5.91 Å². The Bertz CT molecular complexity index is 454. The van der Waals surface area contributed by atoms with E-state index in [1.807, 2.05) is 13.0 Å². The van der Waals surface area contributed by atoms with Crippen LogP contribution in [0.2, 0.25) is 5.15 Å². The quantitative estimate of drug-likeness (QED) is 0.910. The Morgan fingerprint density at radius 1 is 1.76 bits per heavy atom. The molecule has 0 aliphatic heterocycles. The van der Waals surface area contributed by atoms with Gasteiger partial charge in [-0.2, -0.15) is 5.26 Å². The lowest BCUT2D eigenvalue weighted by Crippen LogP contribution is -2.38. The molecule has 1 heterocycles. The Balaban J connectivity index is 2.71. The highest BCUT2D eigenvalue weighted by atomic mass is 35.5. The molecule has 0 saturated heterocycles. The van der Waals surface area contributed by atoms with Crippen LogP contribution < -0.4 is 5.32 Å². The number of nitriles is 1. The second kappa shape index (κ2) is 5.84. The van der Waals surface area contributed by atoms with E-state index in [0.29, 0.717) is 16.6 Å². The third-order valence-electron chi connectivity index (χ3n) is 2.25. The van der Waals surface area contributed by atoms with E-state index in [-0.39, 0.29) is 11.1 Å². The summed E-state index contributed by atoms with van der Waals surface area (Å²) in [4.78, 5) is 17.7. The molecule has 1 aromatic rings. The first-order valence-corrected chi connectivity index (χ1v) is 6.27. The second-order valence-corrected chi connectivity index (χ2v) is 4.83. The number of carbonyl (C=O) groups is 1. The van der Waals surface area contributed by atoms with Crippen molar-refractivity contribution in [1.29, 1.82) is 5.26 Å². The minimum absolute atomic E-state index is 0.0302. The molecule has 5 nitrogen and oxygen atoms in total. The number of hydrogen-bond donors (Lipinski definition) is 1. The van der Waals surface area contributed by atoms with Crippen LogP contribution in [-0.4, -0.2) is 35.4 Å². The van der Waals surface area contributed by atoms with Crippen LogP contribution >= 0.6 is 22.9 Å². The molecule has 0 fully saturated rings. The molecule has 92 valence electrons. The van der Waals surface area contributed by atoms with Gasteiger partial charge in [-0.05, 0) is 13.8 Å². The summed E-state index contributed by atoms with van der Waals surface area (Å²) >= 11 is 6.88. The SMILES string of the molecule is CCN(C)C(=O)C(C)Nc1nc(Cl)c(C#N)s1. The molecular formula is C10H13ClN4OS. The van der Waals surface area contributed by atoms with Crippen molar-refractivity contribution in [3.05, 3.63) is 10.0 Å². The molecule has 0 saturated carbocycles. The van der Waals surface area contributed by atoms with Crippen LogP contribution in [0.3, 0.4) is 0 Å². The Kier molecular flexibility index (Phi) is 4.73. The maximum Gasteiger partial charge on any atom is 0.244 e. The van der Waals surface area contributed by atoms with E-state index < -0.39 is 6.04 Å². The zero-order chi connectivity index (χ0) is 13.0. The van der Waals surface area contributed by atoms with Crippen LogP contribution in [-0.2, 0) is 4.79 Å². The van der Waals surface area contributed by atoms with E-state index >= 15 is 0 Å². The highest BCUT2D eigenvalue weighted by Gasteiger charge is 2.18. The number of nitrogens with one attached hydrogen (secondary N) is 1. The molecule has 7 heteroatoms. The van der Waals surface area contributed by atoms with Crippen LogP contribution in [0.25, 0.3) is 0 Å². The molecule has 1 atom stereocenters. The fourth-order valence-corrected chi connectivity index (χ4v) is 2.20. The lowest BCUT2D eigenvalue weighted by Gasteiger charge is -2.20. The Morgan fingerprint density at radius 3 is 2.88 bits per heavy atom. The summed E-state index contributed by atoms with van der Waals surface area (Å²) < 4.78 is 0. The molecule has 0 bridgehead atoms. The smallest absolute Gasteiger partial charge is 0.244 e. The highest BCUT2D eigenvalue weighted by Crippen LogP contribution is 2.26. The standard InChI is InChI=1S/C10H13ClN4OS/c1-4-15(3)9(16)6(2)13-10-14-8(11)7(5-12)17-10/h6H,4H2,1-3H3,(H,13,14). The lowest BCUT2D eigenvalue weighted by molar-refractivity contribution is -0.130. The summed E-state index contributed by atoms with van der Waals surface area (Å²) in [7, 11) is 1.73. The summed E-state index contributed by atoms with van der Waals surface area (Å²) in [5, 5.41) is 12.3. The van der Waals surface area contributed by atoms with Gasteiger partial charge in [-0.25, -0.2) is 4.98 Å². The summed E-state index contributed by atoms with van der Waals surface area (Å²) in [6, 6.07) is 1.55. The van der Waals surface area contributed by atoms with E-state index in [9.17, 15) is 4.79 Å². The summed E-state index contributed by atoms with van der Waals surface area (Å²) in [5.74, 6) is -0.0302. The van der Waals surface area contributed by atoms with Gasteiger partial charge in [0.1, 0.15) is 17.0 Å². The molecule has 1 rings (SSSR count). The van der Waals surface area contributed by atoms with E-state index in [4.69, 9.17) is 16.9 Å². The summed E-state index contributed by atoms with van der Waals surface area (Å²) in [6.45, 7) is 4.29. The Labute approximate surface area is 109 Å². The Hall–Kier alpha value is -1.32. The number of amides is 1. The molecule has 0 aromatic carbocycles. The molecule has 1 N–H and O–H groups in total. The number of anilines is 1. The normalized spacial score (nSPS) is 11.7. The minimum Gasteiger partial charge on any atom is -0.350 e. The maximum atomic E-state index is 11.8. The zero-order valence-electron chi connectivity index (χ0n) is 9.82. The molecule has 0 aliphatic rings. The first-order valence-electron chi connectivity index (χ1n) is 5.07. The number of hydrogen-bond acceptors (Lipinski definition) is 5. The number of halogens is 1. The van der Waals surface area contributed by atoms with Crippen molar-refractivity contribution in [3.63, 3.8) is 0 Å². The molecule has 1 unspecified atom stereocenters. The molecule has 17 heavy (non-hydrogen) atoms. The molecule has 0 radical (unpaired) electrons. The van der Waals surface area contributed by atoms with Crippen LogP contribution in [0, 0.1) is 11.3 Å².